The smallest absolute Gasteiger partial charge is 0.164 e. The Balaban J connectivity index is 3.35. The molecule has 0 bridgehead atoms. The molecule has 0 aliphatic heterocycles. The summed E-state index contributed by atoms with van der Waals surface area (Å²) in [6.45, 7) is 4.11. The maximum atomic E-state index is 9.00. The number of benzene rings is 1. The van der Waals surface area contributed by atoms with Crippen LogP contribution >= 0.6 is 0 Å². The lowest BCUT2D eigenvalue weighted by Gasteiger charge is -2.16. The van der Waals surface area contributed by atoms with Gasteiger partial charge in [-0.05, 0) is 31.4 Å². The van der Waals surface area contributed by atoms with Gasteiger partial charge >= 0.3 is 0 Å². The Hall–Kier alpha value is -1.22. The minimum absolute atomic E-state index is 0.114. The molecule has 1 aromatic carbocycles. The number of aliphatic hydroxyl groups excluding tert-OH is 1. The zero-order valence-electron chi connectivity index (χ0n) is 9.76. The Morgan fingerprint density at radius 1 is 1.07 bits per heavy atom. The average molecular weight is 210 g/mol. The molecule has 0 spiro atoms. The molecule has 0 amide bonds. The fourth-order valence-corrected chi connectivity index (χ4v) is 1.86. The Morgan fingerprint density at radius 2 is 1.67 bits per heavy atom. The molecule has 1 rings (SSSR count). The molecule has 1 N–H and O–H groups in total. The van der Waals surface area contributed by atoms with Crippen LogP contribution in [0.3, 0.4) is 0 Å². The molecule has 84 valence electrons. The van der Waals surface area contributed by atoms with Gasteiger partial charge in [-0.15, -0.1) is 0 Å². The van der Waals surface area contributed by atoms with Crippen LogP contribution in [0.15, 0.2) is 6.07 Å². The molecule has 0 saturated carbocycles. The van der Waals surface area contributed by atoms with Gasteiger partial charge in [0.15, 0.2) is 11.5 Å². The minimum Gasteiger partial charge on any atom is -0.493 e. The molecule has 0 radical (unpaired) electrons. The van der Waals surface area contributed by atoms with E-state index in [1.807, 2.05) is 19.9 Å². The fourth-order valence-electron chi connectivity index (χ4n) is 1.86. The lowest BCUT2D eigenvalue weighted by molar-refractivity contribution is 0.294. The predicted octanol–water partition coefficient (Wildman–Crippen LogP) is 1.86. The topological polar surface area (TPSA) is 38.7 Å². The molecule has 0 fully saturated rings. The molecule has 1 aromatic rings. The number of rotatable bonds is 4. The molecule has 0 atom stereocenters. The first kappa shape index (κ1) is 11.9. The van der Waals surface area contributed by atoms with Crippen LogP contribution in [0.1, 0.15) is 16.7 Å². The van der Waals surface area contributed by atoms with Crippen molar-refractivity contribution in [1.82, 2.24) is 0 Å². The maximum Gasteiger partial charge on any atom is 0.164 e. The number of aliphatic hydroxyl groups is 1. The summed E-state index contributed by atoms with van der Waals surface area (Å²) in [6, 6.07) is 2.05. The summed E-state index contributed by atoms with van der Waals surface area (Å²) in [5.41, 5.74) is 3.19. The Morgan fingerprint density at radius 3 is 2.13 bits per heavy atom. The Labute approximate surface area is 90.6 Å². The number of ether oxygens (including phenoxy) is 2. The second kappa shape index (κ2) is 5.03. The average Bonchev–Trinajstić information content (AvgIpc) is 2.21. The van der Waals surface area contributed by atoms with E-state index in [4.69, 9.17) is 14.6 Å². The van der Waals surface area contributed by atoms with Crippen molar-refractivity contribution in [3.8, 4) is 11.5 Å². The van der Waals surface area contributed by atoms with Crippen LogP contribution < -0.4 is 9.47 Å². The largest absolute Gasteiger partial charge is 0.493 e. The number of aryl methyl sites for hydroxylation is 2. The first-order valence-electron chi connectivity index (χ1n) is 4.97. The first-order valence-corrected chi connectivity index (χ1v) is 4.97. The summed E-state index contributed by atoms with van der Waals surface area (Å²) in [5.74, 6) is 1.50. The second-order valence-electron chi connectivity index (χ2n) is 3.53. The van der Waals surface area contributed by atoms with Crippen molar-refractivity contribution in [2.45, 2.75) is 20.3 Å². The Kier molecular flexibility index (Phi) is 3.97. The van der Waals surface area contributed by atoms with Gasteiger partial charge in [-0.3, -0.25) is 0 Å². The third-order valence-electron chi connectivity index (χ3n) is 2.52. The van der Waals surface area contributed by atoms with Crippen molar-refractivity contribution in [3.05, 3.63) is 22.8 Å². The third kappa shape index (κ3) is 2.23. The molecule has 0 unspecified atom stereocenters. The highest BCUT2D eigenvalue weighted by Gasteiger charge is 2.14. The van der Waals surface area contributed by atoms with E-state index >= 15 is 0 Å². The second-order valence-corrected chi connectivity index (χ2v) is 3.53. The van der Waals surface area contributed by atoms with E-state index in [-0.39, 0.29) is 6.61 Å². The van der Waals surface area contributed by atoms with Crippen LogP contribution in [0.2, 0.25) is 0 Å². The standard InChI is InChI=1S/C12H18O3/c1-8-7-9(2)11(14-3)12(15-4)10(8)5-6-13/h7,13H,5-6H2,1-4H3. The molecule has 0 aromatic heterocycles. The van der Waals surface area contributed by atoms with Crippen molar-refractivity contribution in [2.24, 2.45) is 0 Å². The summed E-state index contributed by atoms with van der Waals surface area (Å²) >= 11 is 0. The van der Waals surface area contributed by atoms with Gasteiger partial charge in [0.2, 0.25) is 0 Å². The SMILES string of the molecule is COc1c(C)cc(C)c(CCO)c1OC. The van der Waals surface area contributed by atoms with Gasteiger partial charge in [-0.2, -0.15) is 0 Å². The van der Waals surface area contributed by atoms with E-state index in [0.29, 0.717) is 6.42 Å². The van der Waals surface area contributed by atoms with Crippen LogP contribution in [-0.4, -0.2) is 25.9 Å². The number of hydrogen-bond acceptors (Lipinski definition) is 3. The highest BCUT2D eigenvalue weighted by atomic mass is 16.5. The maximum absolute atomic E-state index is 9.00. The van der Waals surface area contributed by atoms with Crippen molar-refractivity contribution >= 4 is 0 Å². The summed E-state index contributed by atoms with van der Waals surface area (Å²) in [7, 11) is 3.25. The third-order valence-corrected chi connectivity index (χ3v) is 2.52. The monoisotopic (exact) mass is 210 g/mol. The fraction of sp³-hybridized carbons (Fsp3) is 0.500. The summed E-state index contributed by atoms with van der Waals surface area (Å²) in [4.78, 5) is 0. The highest BCUT2D eigenvalue weighted by Crippen LogP contribution is 2.36. The van der Waals surface area contributed by atoms with Crippen molar-refractivity contribution in [3.63, 3.8) is 0 Å². The van der Waals surface area contributed by atoms with Gasteiger partial charge in [-0.25, -0.2) is 0 Å². The van der Waals surface area contributed by atoms with Gasteiger partial charge in [0.05, 0.1) is 14.2 Å². The molecule has 3 heteroatoms. The van der Waals surface area contributed by atoms with Gasteiger partial charge in [0, 0.05) is 12.2 Å². The van der Waals surface area contributed by atoms with Crippen molar-refractivity contribution in [2.75, 3.05) is 20.8 Å². The molecule has 0 aliphatic rings. The van der Waals surface area contributed by atoms with Crippen molar-refractivity contribution < 1.29 is 14.6 Å². The van der Waals surface area contributed by atoms with E-state index < -0.39 is 0 Å². The molecule has 15 heavy (non-hydrogen) atoms. The predicted molar refractivity (Wildman–Crippen MR) is 59.8 cm³/mol. The zero-order chi connectivity index (χ0) is 11.4. The molecule has 0 aliphatic carbocycles. The molecular weight excluding hydrogens is 192 g/mol. The molecular formula is C12H18O3. The van der Waals surface area contributed by atoms with E-state index in [1.165, 1.54) is 0 Å². The quantitative estimate of drug-likeness (QED) is 0.824. The van der Waals surface area contributed by atoms with Gasteiger partial charge in [0.25, 0.3) is 0 Å². The van der Waals surface area contributed by atoms with E-state index in [2.05, 4.69) is 0 Å². The minimum atomic E-state index is 0.114. The molecule has 0 heterocycles. The van der Waals surface area contributed by atoms with Gasteiger partial charge in [0.1, 0.15) is 0 Å². The lowest BCUT2D eigenvalue weighted by Crippen LogP contribution is -2.02. The summed E-state index contributed by atoms with van der Waals surface area (Å²) in [5, 5.41) is 9.00. The van der Waals surface area contributed by atoms with Gasteiger partial charge < -0.3 is 14.6 Å². The molecule has 3 nitrogen and oxygen atoms in total. The highest BCUT2D eigenvalue weighted by molar-refractivity contribution is 5.55. The van der Waals surface area contributed by atoms with Crippen LogP contribution in [0.5, 0.6) is 11.5 Å². The zero-order valence-corrected chi connectivity index (χ0v) is 9.76. The van der Waals surface area contributed by atoms with Crippen LogP contribution in [-0.2, 0) is 6.42 Å². The van der Waals surface area contributed by atoms with Crippen LogP contribution in [0.4, 0.5) is 0 Å². The van der Waals surface area contributed by atoms with Gasteiger partial charge in [-0.1, -0.05) is 6.07 Å². The summed E-state index contributed by atoms with van der Waals surface area (Å²) in [6.07, 6.45) is 0.589. The molecule has 0 saturated heterocycles. The first-order chi connectivity index (χ1) is 7.15. The van der Waals surface area contributed by atoms with Crippen LogP contribution in [0, 0.1) is 13.8 Å². The summed E-state index contributed by atoms with van der Waals surface area (Å²) < 4.78 is 10.6. The number of hydrogen-bond donors (Lipinski definition) is 1. The van der Waals surface area contributed by atoms with E-state index in [9.17, 15) is 0 Å². The van der Waals surface area contributed by atoms with Crippen molar-refractivity contribution in [1.29, 1.82) is 0 Å². The lowest BCUT2D eigenvalue weighted by atomic mass is 10.0. The normalized spacial score (nSPS) is 10.2. The van der Waals surface area contributed by atoms with Crippen LogP contribution in [0.25, 0.3) is 0 Å². The Bertz CT molecular complexity index is 345. The van der Waals surface area contributed by atoms with E-state index in [0.717, 1.165) is 28.2 Å². The van der Waals surface area contributed by atoms with E-state index in [1.54, 1.807) is 14.2 Å². The number of methoxy groups -OCH3 is 2.